The molecule has 1 heterocycles. The van der Waals surface area contributed by atoms with Gasteiger partial charge in [-0.1, -0.05) is 58.0 Å². The van der Waals surface area contributed by atoms with Crippen molar-refractivity contribution in [2.75, 3.05) is 31.1 Å². The number of carbonyl (C=O) groups excluding carboxylic acids is 1. The lowest BCUT2D eigenvalue weighted by Gasteiger charge is -2.72. The third-order valence-corrected chi connectivity index (χ3v) is 7.57. The van der Waals surface area contributed by atoms with Gasteiger partial charge in [0.15, 0.2) is 0 Å². The van der Waals surface area contributed by atoms with Crippen LogP contribution in [0.4, 0.5) is 5.69 Å². The van der Waals surface area contributed by atoms with Gasteiger partial charge in [-0.15, -0.1) is 0 Å². The summed E-state index contributed by atoms with van der Waals surface area (Å²) < 4.78 is 5.14. The van der Waals surface area contributed by atoms with E-state index in [9.17, 15) is 9.90 Å². The Morgan fingerprint density at radius 3 is 1.97 bits per heavy atom. The number of anilines is 1. The average molecular weight is 423 g/mol. The zero-order valence-electron chi connectivity index (χ0n) is 19.3. The van der Waals surface area contributed by atoms with Crippen molar-refractivity contribution in [3.63, 3.8) is 0 Å². The average Bonchev–Trinajstić information content (AvgIpc) is 2.74. The Morgan fingerprint density at radius 2 is 1.45 bits per heavy atom. The minimum absolute atomic E-state index is 0.258. The Hall–Kier alpha value is -2.37. The van der Waals surface area contributed by atoms with Crippen LogP contribution in [-0.2, 0) is 10.4 Å². The molecule has 31 heavy (non-hydrogen) atoms. The lowest BCUT2D eigenvalue weighted by atomic mass is 9.39. The van der Waals surface area contributed by atoms with Gasteiger partial charge in [0.2, 0.25) is 0 Å². The fraction of sp³-hybridized carbons (Fsp3) is 0.500. The SMILES string of the molecule is CC(=O)Oc1ccc(N2CCN(C3C(C)(C)C(O)(c4ccccc4)C3(C)C)CC2)cc1. The number of esters is 1. The van der Waals surface area contributed by atoms with Crippen molar-refractivity contribution >= 4 is 11.7 Å². The lowest BCUT2D eigenvalue weighted by Crippen LogP contribution is -2.79. The summed E-state index contributed by atoms with van der Waals surface area (Å²) in [6.45, 7) is 14.0. The van der Waals surface area contributed by atoms with E-state index < -0.39 is 5.60 Å². The number of benzene rings is 2. The molecule has 166 valence electrons. The predicted octanol–water partition coefficient (Wildman–Crippen LogP) is 4.06. The highest BCUT2D eigenvalue weighted by atomic mass is 16.5. The maximum Gasteiger partial charge on any atom is 0.308 e. The van der Waals surface area contributed by atoms with Crippen molar-refractivity contribution in [1.29, 1.82) is 0 Å². The largest absolute Gasteiger partial charge is 0.427 e. The van der Waals surface area contributed by atoms with Crippen LogP contribution in [0.25, 0.3) is 0 Å². The number of piperazine rings is 1. The Labute approximate surface area is 185 Å². The second kappa shape index (κ2) is 7.64. The first-order chi connectivity index (χ1) is 14.6. The van der Waals surface area contributed by atoms with Gasteiger partial charge in [0.05, 0.1) is 0 Å². The molecular formula is C26H34N2O3. The molecule has 0 atom stereocenters. The standard InChI is InChI=1S/C26H34N2O3/c1-19(29)31-22-13-11-21(12-14-22)27-15-17-28(18-16-27)23-24(2,3)26(30,25(23,4)5)20-9-7-6-8-10-20/h6-14,23,30H,15-18H2,1-5H3. The molecule has 4 rings (SSSR count). The van der Waals surface area contributed by atoms with Crippen LogP contribution in [0.15, 0.2) is 54.6 Å². The fourth-order valence-corrected chi connectivity index (χ4v) is 6.52. The van der Waals surface area contributed by atoms with Crippen molar-refractivity contribution < 1.29 is 14.6 Å². The highest BCUT2D eigenvalue weighted by Gasteiger charge is 2.73. The van der Waals surface area contributed by atoms with Crippen molar-refractivity contribution in [3.05, 3.63) is 60.2 Å². The number of hydrogen-bond acceptors (Lipinski definition) is 5. The topological polar surface area (TPSA) is 53.0 Å². The highest BCUT2D eigenvalue weighted by Crippen LogP contribution is 2.68. The molecule has 2 aromatic rings. The first-order valence-electron chi connectivity index (χ1n) is 11.1. The normalized spacial score (nSPS) is 27.4. The van der Waals surface area contributed by atoms with E-state index in [0.29, 0.717) is 11.8 Å². The zero-order valence-corrected chi connectivity index (χ0v) is 19.3. The summed E-state index contributed by atoms with van der Waals surface area (Å²) in [4.78, 5) is 16.0. The van der Waals surface area contributed by atoms with Gasteiger partial charge in [-0.3, -0.25) is 9.69 Å². The first kappa shape index (κ1) is 21.8. The maximum atomic E-state index is 11.9. The van der Waals surface area contributed by atoms with Crippen LogP contribution in [0.5, 0.6) is 5.75 Å². The fourth-order valence-electron chi connectivity index (χ4n) is 6.52. The second-order valence-electron chi connectivity index (χ2n) is 10.0. The molecule has 1 aliphatic carbocycles. The number of carbonyl (C=O) groups is 1. The van der Waals surface area contributed by atoms with E-state index in [1.165, 1.54) is 6.92 Å². The van der Waals surface area contributed by atoms with Crippen LogP contribution in [0.2, 0.25) is 0 Å². The molecular weight excluding hydrogens is 388 g/mol. The van der Waals surface area contributed by atoms with Crippen molar-refractivity contribution in [1.82, 2.24) is 4.90 Å². The molecule has 0 amide bonds. The zero-order chi connectivity index (χ0) is 22.4. The van der Waals surface area contributed by atoms with E-state index in [2.05, 4.69) is 49.6 Å². The molecule has 5 heteroatoms. The Bertz CT molecular complexity index is 913. The van der Waals surface area contributed by atoms with E-state index in [4.69, 9.17) is 4.74 Å². The van der Waals surface area contributed by atoms with E-state index >= 15 is 0 Å². The van der Waals surface area contributed by atoms with Gasteiger partial charge < -0.3 is 14.7 Å². The van der Waals surface area contributed by atoms with Crippen molar-refractivity contribution in [2.24, 2.45) is 10.8 Å². The maximum absolute atomic E-state index is 11.9. The summed E-state index contributed by atoms with van der Waals surface area (Å²) >= 11 is 0. The van der Waals surface area contributed by atoms with Gasteiger partial charge in [0, 0.05) is 55.7 Å². The van der Waals surface area contributed by atoms with Gasteiger partial charge in [-0.05, 0) is 29.8 Å². The minimum atomic E-state index is -0.865. The molecule has 5 nitrogen and oxygen atoms in total. The summed E-state index contributed by atoms with van der Waals surface area (Å²) in [5, 5.41) is 11.9. The smallest absolute Gasteiger partial charge is 0.308 e. The molecule has 1 saturated carbocycles. The molecule has 0 radical (unpaired) electrons. The van der Waals surface area contributed by atoms with E-state index in [-0.39, 0.29) is 16.8 Å². The second-order valence-corrected chi connectivity index (χ2v) is 10.0. The third-order valence-electron chi connectivity index (χ3n) is 7.57. The van der Waals surface area contributed by atoms with Crippen molar-refractivity contribution in [3.8, 4) is 5.75 Å². The number of rotatable bonds is 4. The molecule has 2 aromatic carbocycles. The Kier molecular flexibility index (Phi) is 5.39. The summed E-state index contributed by atoms with van der Waals surface area (Å²) in [6.07, 6.45) is 0. The molecule has 2 fully saturated rings. The van der Waals surface area contributed by atoms with Crippen LogP contribution in [0.3, 0.4) is 0 Å². The summed E-state index contributed by atoms with van der Waals surface area (Å²) in [5.74, 6) is 0.274. The quantitative estimate of drug-likeness (QED) is 0.595. The monoisotopic (exact) mass is 422 g/mol. The van der Waals surface area contributed by atoms with Gasteiger partial charge in [-0.2, -0.15) is 0 Å². The molecule has 0 bridgehead atoms. The number of aliphatic hydroxyl groups is 1. The number of nitrogens with zero attached hydrogens (tertiary/aromatic N) is 2. The molecule has 1 saturated heterocycles. The van der Waals surface area contributed by atoms with Crippen LogP contribution < -0.4 is 9.64 Å². The molecule has 0 spiro atoms. The van der Waals surface area contributed by atoms with E-state index in [1.54, 1.807) is 0 Å². The van der Waals surface area contributed by atoms with Gasteiger partial charge in [0.25, 0.3) is 0 Å². The molecule has 0 unspecified atom stereocenters. The first-order valence-corrected chi connectivity index (χ1v) is 11.1. The van der Waals surface area contributed by atoms with E-state index in [1.807, 2.05) is 42.5 Å². The molecule has 1 aliphatic heterocycles. The third kappa shape index (κ3) is 3.35. The molecule has 1 N–H and O–H groups in total. The highest BCUT2D eigenvalue weighted by molar-refractivity contribution is 5.69. The number of ether oxygens (including phenoxy) is 1. The van der Waals surface area contributed by atoms with Crippen LogP contribution >= 0.6 is 0 Å². The van der Waals surface area contributed by atoms with Crippen LogP contribution in [0, 0.1) is 10.8 Å². The minimum Gasteiger partial charge on any atom is -0.427 e. The number of hydrogen-bond donors (Lipinski definition) is 1. The van der Waals surface area contributed by atoms with Gasteiger partial charge in [-0.25, -0.2) is 0 Å². The van der Waals surface area contributed by atoms with Gasteiger partial charge >= 0.3 is 5.97 Å². The molecule has 2 aliphatic rings. The summed E-state index contributed by atoms with van der Waals surface area (Å²) in [7, 11) is 0. The Morgan fingerprint density at radius 1 is 0.903 bits per heavy atom. The van der Waals surface area contributed by atoms with Crippen LogP contribution in [-0.4, -0.2) is 48.2 Å². The molecule has 0 aromatic heterocycles. The summed E-state index contributed by atoms with van der Waals surface area (Å²) in [5.41, 5.74) is 0.767. The van der Waals surface area contributed by atoms with Crippen molar-refractivity contribution in [2.45, 2.75) is 46.3 Å². The van der Waals surface area contributed by atoms with Gasteiger partial charge in [0.1, 0.15) is 11.4 Å². The van der Waals surface area contributed by atoms with Crippen LogP contribution in [0.1, 0.15) is 40.2 Å². The van der Waals surface area contributed by atoms with E-state index in [0.717, 1.165) is 37.4 Å². The predicted molar refractivity (Wildman–Crippen MR) is 123 cm³/mol. The summed E-state index contributed by atoms with van der Waals surface area (Å²) in [6, 6.07) is 18.1. The Balaban J connectivity index is 1.46. The lowest BCUT2D eigenvalue weighted by molar-refractivity contribution is -0.307.